The number of ether oxygens (including phenoxy) is 2. The SMILES string of the molecule is CC(C)[C@H](NC(=O)OCc1ccccc1)C(=O)N(C)[C@@H](CC(=O)OC(C)(C)C)C(=O)O. The minimum Gasteiger partial charge on any atom is -0.480 e. The van der Waals surface area contributed by atoms with E-state index in [0.29, 0.717) is 0 Å². The van der Waals surface area contributed by atoms with Crippen LogP contribution in [0, 0.1) is 5.92 Å². The molecule has 1 rings (SSSR count). The molecule has 1 aromatic carbocycles. The molecule has 0 aliphatic heterocycles. The second kappa shape index (κ2) is 11.3. The summed E-state index contributed by atoms with van der Waals surface area (Å²) in [5.74, 6) is -3.09. The maximum absolute atomic E-state index is 12.9. The summed E-state index contributed by atoms with van der Waals surface area (Å²) in [7, 11) is 1.28. The fraction of sp³-hybridized carbons (Fsp3) is 0.545. The van der Waals surface area contributed by atoms with E-state index in [9.17, 15) is 24.3 Å². The van der Waals surface area contributed by atoms with E-state index in [4.69, 9.17) is 9.47 Å². The quantitative estimate of drug-likeness (QED) is 0.571. The Kier molecular flexibility index (Phi) is 9.48. The molecule has 0 spiro atoms. The van der Waals surface area contributed by atoms with Gasteiger partial charge in [-0.3, -0.25) is 9.59 Å². The van der Waals surface area contributed by atoms with Crippen LogP contribution in [0.25, 0.3) is 0 Å². The molecule has 2 amide bonds. The Morgan fingerprint density at radius 1 is 1.10 bits per heavy atom. The van der Waals surface area contributed by atoms with Crippen LogP contribution in [0.1, 0.15) is 46.6 Å². The molecular weight excluding hydrogens is 404 g/mol. The van der Waals surface area contributed by atoms with Crippen LogP contribution in [-0.2, 0) is 30.5 Å². The van der Waals surface area contributed by atoms with Gasteiger partial charge in [-0.1, -0.05) is 44.2 Å². The monoisotopic (exact) mass is 436 g/mol. The number of benzene rings is 1. The molecule has 2 atom stereocenters. The highest BCUT2D eigenvalue weighted by atomic mass is 16.6. The van der Waals surface area contributed by atoms with Gasteiger partial charge in [-0.2, -0.15) is 0 Å². The molecule has 0 unspecified atom stereocenters. The molecule has 0 fully saturated rings. The molecule has 0 aliphatic carbocycles. The van der Waals surface area contributed by atoms with Gasteiger partial charge in [0.25, 0.3) is 0 Å². The van der Waals surface area contributed by atoms with E-state index in [2.05, 4.69) is 5.32 Å². The van der Waals surface area contributed by atoms with Crippen LogP contribution in [0.3, 0.4) is 0 Å². The highest BCUT2D eigenvalue weighted by Gasteiger charge is 2.36. The van der Waals surface area contributed by atoms with Gasteiger partial charge in [-0.25, -0.2) is 9.59 Å². The number of nitrogens with one attached hydrogen (secondary N) is 1. The summed E-state index contributed by atoms with van der Waals surface area (Å²) >= 11 is 0. The Morgan fingerprint density at radius 3 is 2.16 bits per heavy atom. The van der Waals surface area contributed by atoms with Gasteiger partial charge in [0, 0.05) is 7.05 Å². The topological polar surface area (TPSA) is 122 Å². The minimum atomic E-state index is -1.44. The normalized spacial score (nSPS) is 13.1. The predicted octanol–water partition coefficient (Wildman–Crippen LogP) is 2.58. The average Bonchev–Trinajstić information content (AvgIpc) is 2.66. The third-order valence-electron chi connectivity index (χ3n) is 4.30. The fourth-order valence-corrected chi connectivity index (χ4v) is 2.71. The fourth-order valence-electron chi connectivity index (χ4n) is 2.71. The van der Waals surface area contributed by atoms with Gasteiger partial charge in [0.1, 0.15) is 24.3 Å². The first-order chi connectivity index (χ1) is 14.3. The highest BCUT2D eigenvalue weighted by molar-refractivity contribution is 5.91. The van der Waals surface area contributed by atoms with Crippen molar-refractivity contribution in [2.45, 2.75) is 65.3 Å². The predicted molar refractivity (Wildman–Crippen MR) is 113 cm³/mol. The second-order valence-electron chi connectivity index (χ2n) is 8.52. The molecule has 31 heavy (non-hydrogen) atoms. The molecule has 0 bridgehead atoms. The standard InChI is InChI=1S/C22H32N2O7/c1-14(2)18(23-21(29)30-13-15-10-8-7-9-11-15)19(26)24(6)16(20(27)28)12-17(25)31-22(3,4)5/h7-11,14,16,18H,12-13H2,1-6H3,(H,23,29)(H,27,28)/t16-,18-/m0/s1. The molecule has 0 aromatic heterocycles. The zero-order valence-electron chi connectivity index (χ0n) is 18.9. The van der Waals surface area contributed by atoms with Crippen molar-refractivity contribution in [2.24, 2.45) is 5.92 Å². The van der Waals surface area contributed by atoms with Crippen molar-refractivity contribution in [3.8, 4) is 0 Å². The zero-order chi connectivity index (χ0) is 23.8. The number of amides is 2. The van der Waals surface area contributed by atoms with E-state index in [-0.39, 0.29) is 12.5 Å². The van der Waals surface area contributed by atoms with Crippen LogP contribution >= 0.6 is 0 Å². The van der Waals surface area contributed by atoms with Crippen molar-refractivity contribution in [2.75, 3.05) is 7.05 Å². The lowest BCUT2D eigenvalue weighted by molar-refractivity contribution is -0.162. The van der Waals surface area contributed by atoms with Crippen molar-refractivity contribution in [1.82, 2.24) is 10.2 Å². The molecule has 9 heteroatoms. The molecule has 1 aromatic rings. The van der Waals surface area contributed by atoms with Crippen molar-refractivity contribution in [3.05, 3.63) is 35.9 Å². The first-order valence-electron chi connectivity index (χ1n) is 10.0. The number of carboxylic acids is 1. The lowest BCUT2D eigenvalue weighted by Crippen LogP contribution is -2.54. The number of nitrogens with zero attached hydrogens (tertiary/aromatic N) is 1. The highest BCUT2D eigenvalue weighted by Crippen LogP contribution is 2.14. The van der Waals surface area contributed by atoms with E-state index in [0.717, 1.165) is 10.5 Å². The molecule has 2 N–H and O–H groups in total. The van der Waals surface area contributed by atoms with Crippen molar-refractivity contribution < 1.29 is 33.8 Å². The molecule has 172 valence electrons. The number of esters is 1. The summed E-state index contributed by atoms with van der Waals surface area (Å²) in [5, 5.41) is 12.0. The number of hydrogen-bond donors (Lipinski definition) is 2. The molecular formula is C22H32N2O7. The smallest absolute Gasteiger partial charge is 0.408 e. The Morgan fingerprint density at radius 2 is 1.68 bits per heavy atom. The summed E-state index contributed by atoms with van der Waals surface area (Å²) in [5.41, 5.74) is -0.00161. The number of aliphatic carboxylic acids is 1. The number of carbonyl (C=O) groups is 4. The van der Waals surface area contributed by atoms with Crippen molar-refractivity contribution in [3.63, 3.8) is 0 Å². The van der Waals surface area contributed by atoms with Crippen LogP contribution < -0.4 is 5.32 Å². The van der Waals surface area contributed by atoms with Crippen LogP contribution in [0.15, 0.2) is 30.3 Å². The van der Waals surface area contributed by atoms with Gasteiger partial charge in [0.2, 0.25) is 5.91 Å². The van der Waals surface area contributed by atoms with Gasteiger partial charge in [0.05, 0.1) is 6.42 Å². The first-order valence-corrected chi connectivity index (χ1v) is 10.0. The van der Waals surface area contributed by atoms with Crippen LogP contribution in [0.2, 0.25) is 0 Å². The van der Waals surface area contributed by atoms with Crippen LogP contribution in [0.4, 0.5) is 4.79 Å². The molecule has 0 saturated carbocycles. The number of carbonyl (C=O) groups excluding carboxylic acids is 3. The van der Waals surface area contributed by atoms with Gasteiger partial charge in [-0.15, -0.1) is 0 Å². The number of alkyl carbamates (subject to hydrolysis) is 1. The molecule has 0 saturated heterocycles. The largest absolute Gasteiger partial charge is 0.480 e. The third-order valence-corrected chi connectivity index (χ3v) is 4.30. The number of likely N-dealkylation sites (N-methyl/N-ethyl adjacent to an activating group) is 1. The van der Waals surface area contributed by atoms with Gasteiger partial charge >= 0.3 is 18.0 Å². The minimum absolute atomic E-state index is 0.0257. The molecule has 9 nitrogen and oxygen atoms in total. The third kappa shape index (κ3) is 9.06. The summed E-state index contributed by atoms with van der Waals surface area (Å²) in [6, 6.07) is 6.56. The van der Waals surface area contributed by atoms with Gasteiger partial charge in [0.15, 0.2) is 0 Å². The maximum atomic E-state index is 12.9. The Bertz CT molecular complexity index is 772. The lowest BCUT2D eigenvalue weighted by atomic mass is 10.0. The first kappa shape index (κ1) is 25.9. The van der Waals surface area contributed by atoms with Crippen molar-refractivity contribution in [1.29, 1.82) is 0 Å². The van der Waals surface area contributed by atoms with E-state index >= 15 is 0 Å². The van der Waals surface area contributed by atoms with E-state index in [1.54, 1.807) is 46.8 Å². The summed E-state index contributed by atoms with van der Waals surface area (Å²) in [6.07, 6.45) is -1.32. The Hall–Kier alpha value is -3.10. The van der Waals surface area contributed by atoms with Crippen LogP contribution in [0.5, 0.6) is 0 Å². The zero-order valence-corrected chi connectivity index (χ0v) is 18.9. The van der Waals surface area contributed by atoms with Crippen molar-refractivity contribution >= 4 is 23.9 Å². The van der Waals surface area contributed by atoms with Gasteiger partial charge < -0.3 is 24.8 Å². The molecule has 0 heterocycles. The number of hydrogen-bond acceptors (Lipinski definition) is 6. The van der Waals surface area contributed by atoms with Gasteiger partial charge in [-0.05, 0) is 32.3 Å². The summed E-state index contributed by atoms with van der Waals surface area (Å²) in [4.78, 5) is 49.9. The maximum Gasteiger partial charge on any atom is 0.408 e. The summed E-state index contributed by atoms with van der Waals surface area (Å²) < 4.78 is 10.3. The van der Waals surface area contributed by atoms with Crippen LogP contribution in [-0.4, -0.2) is 58.7 Å². The Balaban J connectivity index is 2.82. The molecule has 0 aliphatic rings. The second-order valence-corrected chi connectivity index (χ2v) is 8.52. The average molecular weight is 437 g/mol. The Labute approximate surface area is 182 Å². The molecule has 0 radical (unpaired) electrons. The summed E-state index contributed by atoms with van der Waals surface area (Å²) in [6.45, 7) is 8.42. The van der Waals surface area contributed by atoms with E-state index in [1.807, 2.05) is 18.2 Å². The lowest BCUT2D eigenvalue weighted by Gasteiger charge is -2.31. The number of carboxylic acid groups (broad SMARTS) is 1. The number of rotatable bonds is 9. The van der Waals surface area contributed by atoms with E-state index < -0.39 is 48.0 Å². The van der Waals surface area contributed by atoms with E-state index in [1.165, 1.54) is 7.05 Å².